The van der Waals surface area contributed by atoms with Gasteiger partial charge in [-0.05, 0) is 34.5 Å². The van der Waals surface area contributed by atoms with Gasteiger partial charge in [0, 0.05) is 33.8 Å². The van der Waals surface area contributed by atoms with Crippen molar-refractivity contribution in [2.24, 2.45) is 5.14 Å². The molecule has 0 saturated carbocycles. The molecule has 0 saturated heterocycles. The molecule has 0 aromatic heterocycles. The topological polar surface area (TPSA) is 106 Å². The fraction of sp³-hybridized carbons (Fsp3) is 0.364. The molecule has 1 rings (SSSR count). The Kier molecular flexibility index (Phi) is 6.79. The summed E-state index contributed by atoms with van der Waals surface area (Å²) < 4.78 is 33.9. The normalized spacial score (nSPS) is 13.0. The number of benzene rings is 1. The number of rotatable bonds is 6. The fourth-order valence-electron chi connectivity index (χ4n) is 1.47. The van der Waals surface area contributed by atoms with Gasteiger partial charge in [-0.15, -0.1) is 0 Å². The van der Waals surface area contributed by atoms with E-state index in [4.69, 9.17) is 16.7 Å². The van der Waals surface area contributed by atoms with E-state index in [0.717, 1.165) is 6.07 Å². The molecule has 0 spiro atoms. The smallest absolute Gasteiger partial charge is 0.252 e. The highest BCUT2D eigenvalue weighted by atomic mass is 79.9. The number of nitrogens with one attached hydrogen (secondary N) is 1. The molecule has 0 heterocycles. The third-order valence-corrected chi connectivity index (χ3v) is 5.49. The molecule has 1 aromatic rings. The van der Waals surface area contributed by atoms with E-state index in [-0.39, 0.29) is 20.0 Å². The van der Waals surface area contributed by atoms with Gasteiger partial charge in [0.2, 0.25) is 10.0 Å². The second-order valence-electron chi connectivity index (χ2n) is 4.20. The van der Waals surface area contributed by atoms with Crippen LogP contribution in [0, 0.1) is 0 Å². The summed E-state index contributed by atoms with van der Waals surface area (Å²) in [6, 6.07) is 2.35. The molecule has 118 valence electrons. The van der Waals surface area contributed by atoms with Crippen molar-refractivity contribution in [2.45, 2.75) is 11.3 Å². The van der Waals surface area contributed by atoms with Crippen molar-refractivity contribution >= 4 is 54.3 Å². The van der Waals surface area contributed by atoms with E-state index in [0.29, 0.717) is 18.7 Å². The van der Waals surface area contributed by atoms with Crippen LogP contribution in [0.25, 0.3) is 0 Å². The maximum absolute atomic E-state index is 12.0. The van der Waals surface area contributed by atoms with Crippen molar-refractivity contribution in [3.63, 3.8) is 0 Å². The number of amides is 1. The van der Waals surface area contributed by atoms with Gasteiger partial charge >= 0.3 is 0 Å². The number of carbonyl (C=O) groups is 1. The van der Waals surface area contributed by atoms with Crippen molar-refractivity contribution in [1.82, 2.24) is 5.32 Å². The molecule has 21 heavy (non-hydrogen) atoms. The lowest BCUT2D eigenvalue weighted by molar-refractivity contribution is 0.0953. The Morgan fingerprint density at radius 3 is 2.62 bits per heavy atom. The van der Waals surface area contributed by atoms with Crippen molar-refractivity contribution in [3.8, 4) is 0 Å². The van der Waals surface area contributed by atoms with Crippen LogP contribution in [0.5, 0.6) is 0 Å². The minimum absolute atomic E-state index is 0.00712. The van der Waals surface area contributed by atoms with Gasteiger partial charge in [0.15, 0.2) is 0 Å². The lowest BCUT2D eigenvalue weighted by atomic mass is 10.2. The molecule has 1 amide bonds. The summed E-state index contributed by atoms with van der Waals surface area (Å²) in [7, 11) is -4.87. The first-order valence-electron chi connectivity index (χ1n) is 5.73. The molecule has 1 atom stereocenters. The maximum atomic E-state index is 12.0. The van der Waals surface area contributed by atoms with E-state index in [1.807, 2.05) is 0 Å². The Morgan fingerprint density at radius 1 is 1.48 bits per heavy atom. The largest absolute Gasteiger partial charge is 0.352 e. The van der Waals surface area contributed by atoms with Crippen LogP contribution in [-0.2, 0) is 20.8 Å². The summed E-state index contributed by atoms with van der Waals surface area (Å²) in [5.41, 5.74) is 0.00712. The zero-order chi connectivity index (χ0) is 16.2. The Morgan fingerprint density at radius 2 is 2.10 bits per heavy atom. The van der Waals surface area contributed by atoms with E-state index in [1.165, 1.54) is 6.07 Å². The summed E-state index contributed by atoms with van der Waals surface area (Å²) in [5, 5.41) is 7.73. The molecule has 10 heteroatoms. The number of halogens is 2. The van der Waals surface area contributed by atoms with E-state index >= 15 is 0 Å². The van der Waals surface area contributed by atoms with Crippen molar-refractivity contribution < 1.29 is 17.4 Å². The molecule has 0 aliphatic rings. The lowest BCUT2D eigenvalue weighted by Crippen LogP contribution is -2.26. The zero-order valence-corrected chi connectivity index (χ0v) is 15.0. The Balaban J connectivity index is 2.93. The highest BCUT2D eigenvalue weighted by Crippen LogP contribution is 2.29. The SMILES string of the molecule is CS(=O)CCCNC(=O)c1cc(S(N)(=O)=O)cc(Br)c1Cl. The van der Waals surface area contributed by atoms with E-state index in [2.05, 4.69) is 21.2 Å². The Hall–Kier alpha value is -0.480. The van der Waals surface area contributed by atoms with Gasteiger partial charge in [-0.1, -0.05) is 11.6 Å². The van der Waals surface area contributed by atoms with Gasteiger partial charge in [0.05, 0.1) is 15.5 Å². The third kappa shape index (κ3) is 5.67. The van der Waals surface area contributed by atoms with Crippen LogP contribution in [0.2, 0.25) is 5.02 Å². The maximum Gasteiger partial charge on any atom is 0.252 e. The molecule has 0 aliphatic carbocycles. The predicted molar refractivity (Wildman–Crippen MR) is 86.4 cm³/mol. The summed E-state index contributed by atoms with van der Waals surface area (Å²) in [6.45, 7) is 0.311. The molecule has 3 N–H and O–H groups in total. The molecule has 0 fully saturated rings. The van der Waals surface area contributed by atoms with Crippen molar-refractivity contribution in [3.05, 3.63) is 27.2 Å². The van der Waals surface area contributed by atoms with E-state index < -0.39 is 26.7 Å². The van der Waals surface area contributed by atoms with Crippen LogP contribution in [-0.4, -0.2) is 37.1 Å². The second-order valence-corrected chi connectivity index (χ2v) is 8.55. The van der Waals surface area contributed by atoms with Gasteiger partial charge in [-0.2, -0.15) is 0 Å². The molecule has 1 unspecified atom stereocenters. The third-order valence-electron chi connectivity index (χ3n) is 2.47. The van der Waals surface area contributed by atoms with Crippen LogP contribution >= 0.6 is 27.5 Å². The number of primary sulfonamides is 1. The molecular formula is C11H14BrClN2O4S2. The number of nitrogens with two attached hydrogens (primary N) is 1. The summed E-state index contributed by atoms with van der Waals surface area (Å²) in [5.74, 6) is -0.0531. The summed E-state index contributed by atoms with van der Waals surface area (Å²) in [4.78, 5) is 11.8. The summed E-state index contributed by atoms with van der Waals surface area (Å²) >= 11 is 9.07. The average molecular weight is 418 g/mol. The minimum atomic E-state index is -3.94. The lowest BCUT2D eigenvalue weighted by Gasteiger charge is -2.09. The van der Waals surface area contributed by atoms with Gasteiger partial charge < -0.3 is 5.32 Å². The van der Waals surface area contributed by atoms with Crippen LogP contribution in [0.15, 0.2) is 21.5 Å². The first kappa shape index (κ1) is 18.6. The van der Waals surface area contributed by atoms with Gasteiger partial charge in [-0.3, -0.25) is 9.00 Å². The molecular weight excluding hydrogens is 404 g/mol. The van der Waals surface area contributed by atoms with Gasteiger partial charge in [0.25, 0.3) is 5.91 Å². The average Bonchev–Trinajstić information content (AvgIpc) is 2.35. The Bertz CT molecular complexity index is 679. The van der Waals surface area contributed by atoms with E-state index in [9.17, 15) is 17.4 Å². The first-order chi connectivity index (χ1) is 9.62. The highest BCUT2D eigenvalue weighted by Gasteiger charge is 2.18. The summed E-state index contributed by atoms with van der Waals surface area (Å²) in [6.07, 6.45) is 2.12. The van der Waals surface area contributed by atoms with Crippen LogP contribution in [0.4, 0.5) is 0 Å². The fourth-order valence-corrected chi connectivity index (χ4v) is 3.39. The molecule has 0 radical (unpaired) electrons. The van der Waals surface area contributed by atoms with Crippen molar-refractivity contribution in [1.29, 1.82) is 0 Å². The highest BCUT2D eigenvalue weighted by molar-refractivity contribution is 9.10. The minimum Gasteiger partial charge on any atom is -0.352 e. The Labute approximate surface area is 139 Å². The second kappa shape index (κ2) is 7.68. The van der Waals surface area contributed by atoms with Crippen LogP contribution < -0.4 is 10.5 Å². The van der Waals surface area contributed by atoms with Gasteiger partial charge in [-0.25, -0.2) is 13.6 Å². The molecule has 1 aromatic carbocycles. The van der Waals surface area contributed by atoms with Crippen LogP contribution in [0.1, 0.15) is 16.8 Å². The van der Waals surface area contributed by atoms with Crippen LogP contribution in [0.3, 0.4) is 0 Å². The monoisotopic (exact) mass is 416 g/mol. The number of carbonyl (C=O) groups excluding carboxylic acids is 1. The number of sulfonamides is 1. The molecule has 0 aliphatic heterocycles. The van der Waals surface area contributed by atoms with Crippen molar-refractivity contribution in [2.75, 3.05) is 18.6 Å². The van der Waals surface area contributed by atoms with Gasteiger partial charge in [0.1, 0.15) is 0 Å². The standard InChI is InChI=1S/C11H14BrClN2O4S2/c1-20(17)4-2-3-15-11(16)8-5-7(21(14,18)19)6-9(12)10(8)13/h5-6H,2-4H2,1H3,(H,15,16)(H2,14,18,19). The number of hydrogen-bond acceptors (Lipinski definition) is 4. The quantitative estimate of drug-likeness (QED) is 0.679. The zero-order valence-electron chi connectivity index (χ0n) is 11.1. The number of hydrogen-bond donors (Lipinski definition) is 2. The predicted octanol–water partition coefficient (Wildman–Crippen LogP) is 1.25. The first-order valence-corrected chi connectivity index (χ1v) is 10.2. The van der Waals surface area contributed by atoms with E-state index in [1.54, 1.807) is 6.26 Å². The molecule has 6 nitrogen and oxygen atoms in total. The molecule has 0 bridgehead atoms.